The second kappa shape index (κ2) is 6.70. The monoisotopic (exact) mass is 324 g/mol. The Kier molecular flexibility index (Phi) is 5.16. The standard InChI is InChI=1S/C15H20N2O2S2/c1-11(14-7-8-20-10-14)9-17-12(2)13-3-5-15(6-4-13)21(16,18)19/h3-8,10-12,17H,9H2,1-2H3,(H2,16,18,19). The SMILES string of the molecule is CC(CNC(C)c1ccc(S(N)(=O)=O)cc1)c1ccsc1. The number of hydrogen-bond donors (Lipinski definition) is 2. The molecule has 0 saturated carbocycles. The molecule has 0 bridgehead atoms. The van der Waals surface area contributed by atoms with Crippen molar-refractivity contribution in [3.8, 4) is 0 Å². The number of hydrogen-bond acceptors (Lipinski definition) is 4. The molecule has 0 saturated heterocycles. The largest absolute Gasteiger partial charge is 0.310 e. The van der Waals surface area contributed by atoms with Crippen LogP contribution in [0.25, 0.3) is 0 Å². The fourth-order valence-electron chi connectivity index (χ4n) is 2.09. The molecule has 0 fully saturated rings. The van der Waals surface area contributed by atoms with Crippen LogP contribution in [0.5, 0.6) is 0 Å². The van der Waals surface area contributed by atoms with Gasteiger partial charge in [0.25, 0.3) is 0 Å². The van der Waals surface area contributed by atoms with Crippen LogP contribution in [0.15, 0.2) is 46.0 Å². The summed E-state index contributed by atoms with van der Waals surface area (Å²) in [5.74, 6) is 0.447. The van der Waals surface area contributed by atoms with Gasteiger partial charge in [-0.15, -0.1) is 0 Å². The Morgan fingerprint density at radius 3 is 2.33 bits per heavy atom. The molecule has 2 rings (SSSR count). The van der Waals surface area contributed by atoms with Crippen molar-refractivity contribution in [3.63, 3.8) is 0 Å². The third kappa shape index (κ3) is 4.38. The van der Waals surface area contributed by atoms with Crippen molar-refractivity contribution in [1.29, 1.82) is 0 Å². The molecule has 2 unspecified atom stereocenters. The first-order valence-corrected chi connectivity index (χ1v) is 9.25. The molecule has 1 aromatic carbocycles. The summed E-state index contributed by atoms with van der Waals surface area (Å²) in [5, 5.41) is 12.8. The van der Waals surface area contributed by atoms with E-state index in [0.717, 1.165) is 12.1 Å². The van der Waals surface area contributed by atoms with Gasteiger partial charge in [-0.05, 0) is 52.9 Å². The molecule has 1 heterocycles. The Labute approximate surface area is 130 Å². The highest BCUT2D eigenvalue weighted by Crippen LogP contribution is 2.20. The van der Waals surface area contributed by atoms with Crippen molar-refractivity contribution in [2.45, 2.75) is 30.7 Å². The molecule has 2 aromatic rings. The molecule has 3 N–H and O–H groups in total. The second-order valence-corrected chi connectivity index (χ2v) is 7.54. The molecule has 2 atom stereocenters. The van der Waals surface area contributed by atoms with Gasteiger partial charge in [0.1, 0.15) is 0 Å². The van der Waals surface area contributed by atoms with Crippen molar-refractivity contribution in [1.82, 2.24) is 5.32 Å². The van der Waals surface area contributed by atoms with Gasteiger partial charge in [-0.25, -0.2) is 13.6 Å². The summed E-state index contributed by atoms with van der Waals surface area (Å²) >= 11 is 1.71. The zero-order chi connectivity index (χ0) is 15.5. The van der Waals surface area contributed by atoms with Gasteiger partial charge < -0.3 is 5.32 Å². The Hall–Kier alpha value is -1.21. The first-order chi connectivity index (χ1) is 9.88. The third-order valence-electron chi connectivity index (χ3n) is 3.55. The van der Waals surface area contributed by atoms with Crippen molar-refractivity contribution < 1.29 is 8.42 Å². The van der Waals surface area contributed by atoms with E-state index in [2.05, 4.69) is 36.0 Å². The van der Waals surface area contributed by atoms with E-state index >= 15 is 0 Å². The topological polar surface area (TPSA) is 72.2 Å². The lowest BCUT2D eigenvalue weighted by Crippen LogP contribution is -2.23. The highest BCUT2D eigenvalue weighted by atomic mass is 32.2. The molecule has 6 heteroatoms. The van der Waals surface area contributed by atoms with Gasteiger partial charge in [-0.1, -0.05) is 19.1 Å². The van der Waals surface area contributed by atoms with Crippen molar-refractivity contribution in [3.05, 3.63) is 52.2 Å². The summed E-state index contributed by atoms with van der Waals surface area (Å²) < 4.78 is 22.4. The zero-order valence-electron chi connectivity index (χ0n) is 12.1. The van der Waals surface area contributed by atoms with E-state index in [9.17, 15) is 8.42 Å². The van der Waals surface area contributed by atoms with Gasteiger partial charge in [0.15, 0.2) is 0 Å². The number of nitrogens with two attached hydrogens (primary N) is 1. The van der Waals surface area contributed by atoms with Crippen LogP contribution in [0.4, 0.5) is 0 Å². The first kappa shape index (κ1) is 16.2. The minimum atomic E-state index is -3.62. The van der Waals surface area contributed by atoms with Crippen LogP contribution in [0.2, 0.25) is 0 Å². The van der Waals surface area contributed by atoms with Crippen molar-refractivity contribution >= 4 is 21.4 Å². The summed E-state index contributed by atoms with van der Waals surface area (Å²) in [6, 6.07) is 8.98. The number of rotatable bonds is 6. The molecule has 21 heavy (non-hydrogen) atoms. The molecule has 0 spiro atoms. The predicted molar refractivity (Wildman–Crippen MR) is 87.0 cm³/mol. The molecule has 0 aliphatic rings. The maximum Gasteiger partial charge on any atom is 0.238 e. The Morgan fingerprint density at radius 2 is 1.81 bits per heavy atom. The lowest BCUT2D eigenvalue weighted by molar-refractivity contribution is 0.537. The van der Waals surface area contributed by atoms with E-state index in [0.29, 0.717) is 5.92 Å². The average Bonchev–Trinajstić information content (AvgIpc) is 2.98. The lowest BCUT2D eigenvalue weighted by atomic mass is 10.0. The van der Waals surface area contributed by atoms with Crippen LogP contribution < -0.4 is 10.5 Å². The Bertz CT molecular complexity index is 664. The van der Waals surface area contributed by atoms with Crippen molar-refractivity contribution in [2.24, 2.45) is 5.14 Å². The highest BCUT2D eigenvalue weighted by Gasteiger charge is 2.11. The van der Waals surface area contributed by atoms with E-state index in [1.54, 1.807) is 35.6 Å². The van der Waals surface area contributed by atoms with Crippen molar-refractivity contribution in [2.75, 3.05) is 6.54 Å². The number of thiophene rings is 1. The Morgan fingerprint density at radius 1 is 1.14 bits per heavy atom. The highest BCUT2D eigenvalue weighted by molar-refractivity contribution is 7.89. The van der Waals surface area contributed by atoms with Crippen LogP contribution in [-0.2, 0) is 10.0 Å². The van der Waals surface area contributed by atoms with E-state index in [1.807, 2.05) is 0 Å². The van der Waals surface area contributed by atoms with Gasteiger partial charge in [-0.2, -0.15) is 11.3 Å². The summed E-state index contributed by atoms with van der Waals surface area (Å²) in [4.78, 5) is 0.144. The average molecular weight is 324 g/mol. The molecular formula is C15H20N2O2S2. The normalized spacial score (nSPS) is 14.8. The first-order valence-electron chi connectivity index (χ1n) is 6.76. The van der Waals surface area contributed by atoms with Crippen LogP contribution in [0, 0.1) is 0 Å². The van der Waals surface area contributed by atoms with Crippen LogP contribution in [0.3, 0.4) is 0 Å². The third-order valence-corrected chi connectivity index (χ3v) is 5.18. The van der Waals surface area contributed by atoms with E-state index in [1.165, 1.54) is 5.56 Å². The fourth-order valence-corrected chi connectivity index (χ4v) is 3.39. The summed E-state index contributed by atoms with van der Waals surface area (Å²) in [5.41, 5.74) is 2.38. The van der Waals surface area contributed by atoms with Gasteiger partial charge in [0.05, 0.1) is 4.90 Å². The summed E-state index contributed by atoms with van der Waals surface area (Å²) in [6.07, 6.45) is 0. The molecule has 0 aliphatic heterocycles. The van der Waals surface area contributed by atoms with E-state index < -0.39 is 10.0 Å². The van der Waals surface area contributed by atoms with Gasteiger partial charge in [0.2, 0.25) is 10.0 Å². The molecule has 0 radical (unpaired) electrons. The number of sulfonamides is 1. The predicted octanol–water partition coefficient (Wildman–Crippen LogP) is 2.85. The summed E-state index contributed by atoms with van der Waals surface area (Å²) in [6.45, 7) is 5.12. The fraction of sp³-hybridized carbons (Fsp3) is 0.333. The molecule has 0 aliphatic carbocycles. The van der Waals surface area contributed by atoms with Gasteiger partial charge in [-0.3, -0.25) is 0 Å². The Balaban J connectivity index is 1.96. The maximum absolute atomic E-state index is 11.2. The molecule has 0 amide bonds. The van der Waals surface area contributed by atoms with Crippen LogP contribution >= 0.6 is 11.3 Å². The molecule has 4 nitrogen and oxygen atoms in total. The number of benzene rings is 1. The van der Waals surface area contributed by atoms with E-state index in [-0.39, 0.29) is 10.9 Å². The minimum absolute atomic E-state index is 0.144. The number of nitrogens with one attached hydrogen (secondary N) is 1. The van der Waals surface area contributed by atoms with Crippen LogP contribution in [0.1, 0.15) is 36.9 Å². The van der Waals surface area contributed by atoms with Crippen LogP contribution in [-0.4, -0.2) is 15.0 Å². The van der Waals surface area contributed by atoms with Gasteiger partial charge in [0, 0.05) is 12.6 Å². The second-order valence-electron chi connectivity index (χ2n) is 5.20. The molecule has 114 valence electrons. The quantitative estimate of drug-likeness (QED) is 0.858. The van der Waals surface area contributed by atoms with E-state index in [4.69, 9.17) is 5.14 Å². The zero-order valence-corrected chi connectivity index (χ0v) is 13.7. The van der Waals surface area contributed by atoms with Gasteiger partial charge >= 0.3 is 0 Å². The maximum atomic E-state index is 11.2. The lowest BCUT2D eigenvalue weighted by Gasteiger charge is -2.18. The number of primary sulfonamides is 1. The summed E-state index contributed by atoms with van der Waals surface area (Å²) in [7, 11) is -3.62. The minimum Gasteiger partial charge on any atom is -0.310 e. The molecule has 1 aromatic heterocycles. The smallest absolute Gasteiger partial charge is 0.238 e. The molecular weight excluding hydrogens is 304 g/mol.